The lowest BCUT2D eigenvalue weighted by molar-refractivity contribution is -0.127. The van der Waals surface area contributed by atoms with E-state index in [1.165, 1.54) is 5.56 Å². The lowest BCUT2D eigenvalue weighted by Gasteiger charge is -2.20. The van der Waals surface area contributed by atoms with E-state index in [1.54, 1.807) is 23.5 Å². The minimum absolute atomic E-state index is 0.0693. The standard InChI is InChI=1S/C22H28BrNO2S2/c1-27-13-5-8-21(25)24-22(26)19(14-17-9-11-20(23)12-10-17)16-28-15-18-6-3-2-4-7-18/h2-4,6-7,9-12,19,21,25H,5,8,13-16H2,1H3,(H,24,26). The van der Waals surface area contributed by atoms with Crippen LogP contribution in [0.2, 0.25) is 0 Å². The number of carbonyl (C=O) groups is 1. The molecule has 0 aromatic heterocycles. The van der Waals surface area contributed by atoms with E-state index < -0.39 is 6.23 Å². The Bertz CT molecular complexity index is 697. The first-order valence-electron chi connectivity index (χ1n) is 9.42. The van der Waals surface area contributed by atoms with Gasteiger partial charge in [0.25, 0.3) is 0 Å². The number of rotatable bonds is 12. The predicted molar refractivity (Wildman–Crippen MR) is 126 cm³/mol. The van der Waals surface area contributed by atoms with Crippen LogP contribution in [0.4, 0.5) is 0 Å². The van der Waals surface area contributed by atoms with Crippen molar-refractivity contribution in [2.45, 2.75) is 31.2 Å². The van der Waals surface area contributed by atoms with E-state index in [4.69, 9.17) is 0 Å². The Hall–Kier alpha value is -0.950. The fourth-order valence-electron chi connectivity index (χ4n) is 2.80. The molecule has 28 heavy (non-hydrogen) atoms. The number of carbonyl (C=O) groups excluding carboxylic acids is 1. The maximum absolute atomic E-state index is 12.8. The predicted octanol–water partition coefficient (Wildman–Crippen LogP) is 5.12. The molecule has 6 heteroatoms. The van der Waals surface area contributed by atoms with Crippen LogP contribution in [0.1, 0.15) is 24.0 Å². The van der Waals surface area contributed by atoms with Gasteiger partial charge < -0.3 is 10.4 Å². The molecule has 0 aliphatic rings. The molecule has 0 radical (unpaired) electrons. The lowest BCUT2D eigenvalue weighted by atomic mass is 10.00. The molecule has 0 saturated carbocycles. The van der Waals surface area contributed by atoms with Gasteiger partial charge in [0.2, 0.25) is 5.91 Å². The summed E-state index contributed by atoms with van der Waals surface area (Å²) in [6, 6.07) is 18.4. The van der Waals surface area contributed by atoms with E-state index in [-0.39, 0.29) is 11.8 Å². The van der Waals surface area contributed by atoms with Crippen LogP contribution >= 0.6 is 39.5 Å². The molecule has 0 aliphatic heterocycles. The molecule has 2 atom stereocenters. The van der Waals surface area contributed by atoms with Gasteiger partial charge in [-0.05, 0) is 54.5 Å². The summed E-state index contributed by atoms with van der Waals surface area (Å²) in [6.45, 7) is 0. The molecular weight excluding hydrogens is 454 g/mol. The number of benzene rings is 2. The summed E-state index contributed by atoms with van der Waals surface area (Å²) in [5, 5.41) is 13.0. The Balaban J connectivity index is 1.93. The molecule has 3 nitrogen and oxygen atoms in total. The van der Waals surface area contributed by atoms with Crippen LogP contribution in [0, 0.1) is 5.92 Å². The van der Waals surface area contributed by atoms with Gasteiger partial charge in [-0.1, -0.05) is 58.4 Å². The van der Waals surface area contributed by atoms with Crippen molar-refractivity contribution in [3.8, 4) is 0 Å². The first-order chi connectivity index (χ1) is 13.6. The van der Waals surface area contributed by atoms with E-state index in [0.29, 0.717) is 18.6 Å². The van der Waals surface area contributed by atoms with Crippen LogP contribution in [-0.2, 0) is 17.0 Å². The topological polar surface area (TPSA) is 49.3 Å². The molecule has 2 N–H and O–H groups in total. The van der Waals surface area contributed by atoms with Gasteiger partial charge in [-0.25, -0.2) is 0 Å². The van der Waals surface area contributed by atoms with E-state index in [9.17, 15) is 9.90 Å². The second kappa shape index (κ2) is 13.3. The second-order valence-electron chi connectivity index (χ2n) is 6.69. The maximum Gasteiger partial charge on any atom is 0.226 e. The average Bonchev–Trinajstić information content (AvgIpc) is 2.69. The Morgan fingerprint density at radius 2 is 1.82 bits per heavy atom. The first-order valence-corrected chi connectivity index (χ1v) is 12.8. The minimum atomic E-state index is -0.772. The Kier molecular flexibility index (Phi) is 11.1. The van der Waals surface area contributed by atoms with Crippen molar-refractivity contribution in [2.24, 2.45) is 5.92 Å². The molecule has 0 saturated heterocycles. The summed E-state index contributed by atoms with van der Waals surface area (Å²) in [6.07, 6.45) is 3.42. The van der Waals surface area contributed by atoms with Gasteiger partial charge in [0.15, 0.2) is 0 Å². The van der Waals surface area contributed by atoms with E-state index in [1.807, 2.05) is 48.7 Å². The lowest BCUT2D eigenvalue weighted by Crippen LogP contribution is -2.40. The SMILES string of the molecule is CSCCCC(O)NC(=O)C(CSCc1ccccc1)Cc1ccc(Br)cc1. The minimum Gasteiger partial charge on any atom is -0.374 e. The smallest absolute Gasteiger partial charge is 0.226 e. The third-order valence-corrected chi connectivity index (χ3v) is 6.73. The number of aliphatic hydroxyl groups excluding tert-OH is 1. The molecule has 0 bridgehead atoms. The number of nitrogens with one attached hydrogen (secondary N) is 1. The molecule has 2 unspecified atom stereocenters. The van der Waals surface area contributed by atoms with Gasteiger partial charge in [0, 0.05) is 16.0 Å². The summed E-state index contributed by atoms with van der Waals surface area (Å²) < 4.78 is 1.03. The Labute approximate surface area is 185 Å². The molecule has 0 heterocycles. The highest BCUT2D eigenvalue weighted by atomic mass is 79.9. The van der Waals surface area contributed by atoms with Crippen molar-refractivity contribution < 1.29 is 9.90 Å². The molecule has 0 aliphatic carbocycles. The molecule has 152 valence electrons. The summed E-state index contributed by atoms with van der Waals surface area (Å²) in [5.41, 5.74) is 2.38. The highest BCUT2D eigenvalue weighted by Gasteiger charge is 2.21. The van der Waals surface area contributed by atoms with Crippen molar-refractivity contribution in [1.29, 1.82) is 0 Å². The highest BCUT2D eigenvalue weighted by Crippen LogP contribution is 2.20. The van der Waals surface area contributed by atoms with Crippen molar-refractivity contribution in [3.63, 3.8) is 0 Å². The number of hydrogen-bond acceptors (Lipinski definition) is 4. The quantitative estimate of drug-likeness (QED) is 0.326. The first kappa shape index (κ1) is 23.3. The molecule has 2 aromatic rings. The molecule has 2 aromatic carbocycles. The Morgan fingerprint density at radius 3 is 2.50 bits per heavy atom. The van der Waals surface area contributed by atoms with Crippen molar-refractivity contribution in [3.05, 3.63) is 70.2 Å². The number of thioether (sulfide) groups is 2. The monoisotopic (exact) mass is 481 g/mol. The largest absolute Gasteiger partial charge is 0.374 e. The zero-order chi connectivity index (χ0) is 20.2. The van der Waals surface area contributed by atoms with Crippen LogP contribution in [0.15, 0.2) is 59.1 Å². The fourth-order valence-corrected chi connectivity index (χ4v) is 4.62. The van der Waals surface area contributed by atoms with E-state index in [2.05, 4.69) is 33.4 Å². The van der Waals surface area contributed by atoms with E-state index >= 15 is 0 Å². The summed E-state index contributed by atoms with van der Waals surface area (Å²) in [5.74, 6) is 2.34. The van der Waals surface area contributed by atoms with Crippen molar-refractivity contribution in [2.75, 3.05) is 17.8 Å². The van der Waals surface area contributed by atoms with Gasteiger partial charge in [-0.3, -0.25) is 4.79 Å². The Morgan fingerprint density at radius 1 is 1.11 bits per heavy atom. The number of amides is 1. The molecule has 1 amide bonds. The zero-order valence-corrected chi connectivity index (χ0v) is 19.4. The number of hydrogen-bond donors (Lipinski definition) is 2. The highest BCUT2D eigenvalue weighted by molar-refractivity contribution is 9.10. The number of halogens is 1. The van der Waals surface area contributed by atoms with E-state index in [0.717, 1.165) is 28.0 Å². The van der Waals surface area contributed by atoms with Crippen LogP contribution in [0.5, 0.6) is 0 Å². The third kappa shape index (κ3) is 9.03. The van der Waals surface area contributed by atoms with Crippen LogP contribution in [0.3, 0.4) is 0 Å². The molecule has 2 rings (SSSR count). The van der Waals surface area contributed by atoms with Gasteiger partial charge in [-0.15, -0.1) is 0 Å². The fraction of sp³-hybridized carbons (Fsp3) is 0.409. The summed E-state index contributed by atoms with van der Waals surface area (Å²) >= 11 is 6.96. The third-order valence-electron chi connectivity index (χ3n) is 4.33. The van der Waals surface area contributed by atoms with Crippen molar-refractivity contribution in [1.82, 2.24) is 5.32 Å². The molecule has 0 spiro atoms. The second-order valence-corrected chi connectivity index (χ2v) is 9.62. The molecular formula is C22H28BrNO2S2. The zero-order valence-electron chi connectivity index (χ0n) is 16.1. The van der Waals surface area contributed by atoms with Crippen molar-refractivity contribution >= 4 is 45.4 Å². The number of aliphatic hydroxyl groups is 1. The maximum atomic E-state index is 12.8. The summed E-state index contributed by atoms with van der Waals surface area (Å²) in [4.78, 5) is 12.8. The average molecular weight is 483 g/mol. The van der Waals surface area contributed by atoms with Gasteiger partial charge in [-0.2, -0.15) is 23.5 Å². The summed E-state index contributed by atoms with van der Waals surface area (Å²) in [7, 11) is 0. The van der Waals surface area contributed by atoms with Gasteiger partial charge >= 0.3 is 0 Å². The van der Waals surface area contributed by atoms with Crippen LogP contribution in [-0.4, -0.2) is 35.0 Å². The van der Waals surface area contributed by atoms with Crippen LogP contribution < -0.4 is 5.32 Å². The normalized spacial score (nSPS) is 13.1. The molecule has 0 fully saturated rings. The van der Waals surface area contributed by atoms with Gasteiger partial charge in [0.1, 0.15) is 6.23 Å². The van der Waals surface area contributed by atoms with Crippen LogP contribution in [0.25, 0.3) is 0 Å². The van der Waals surface area contributed by atoms with Gasteiger partial charge in [0.05, 0.1) is 5.92 Å².